The number of rotatable bonds is 6. The zero-order valence-electron chi connectivity index (χ0n) is 11.2. The third kappa shape index (κ3) is 3.45. The SMILES string of the molecule is CNCc1ccc(CN(C)Cc2ccoc2C)s1. The normalized spacial score (nSPS) is 11.3. The molecule has 0 fully saturated rings. The maximum atomic E-state index is 5.32. The first kappa shape index (κ1) is 13.3. The topological polar surface area (TPSA) is 28.4 Å². The van der Waals surface area contributed by atoms with Crippen LogP contribution in [0.25, 0.3) is 0 Å². The number of hydrogen-bond donors (Lipinski definition) is 1. The van der Waals surface area contributed by atoms with E-state index in [2.05, 4.69) is 29.4 Å². The van der Waals surface area contributed by atoms with Crippen LogP contribution in [0.15, 0.2) is 28.9 Å². The predicted octanol–water partition coefficient (Wildman–Crippen LogP) is 3.00. The molecule has 0 radical (unpaired) electrons. The van der Waals surface area contributed by atoms with Crippen LogP contribution in [0.2, 0.25) is 0 Å². The molecule has 0 aliphatic carbocycles. The van der Waals surface area contributed by atoms with Crippen molar-refractivity contribution in [3.63, 3.8) is 0 Å². The fourth-order valence-electron chi connectivity index (χ4n) is 1.96. The standard InChI is InChI=1S/C14H20N2OS/c1-11-12(6-7-17-11)9-16(3)10-14-5-4-13(18-14)8-15-2/h4-7,15H,8-10H2,1-3H3. The first-order valence-corrected chi connectivity index (χ1v) is 6.94. The first-order chi connectivity index (χ1) is 8.69. The van der Waals surface area contributed by atoms with Gasteiger partial charge in [-0.1, -0.05) is 0 Å². The monoisotopic (exact) mass is 264 g/mol. The summed E-state index contributed by atoms with van der Waals surface area (Å²) < 4.78 is 5.32. The third-order valence-corrected chi connectivity index (χ3v) is 3.97. The van der Waals surface area contributed by atoms with Gasteiger partial charge >= 0.3 is 0 Å². The van der Waals surface area contributed by atoms with E-state index in [4.69, 9.17) is 4.42 Å². The molecule has 4 heteroatoms. The lowest BCUT2D eigenvalue weighted by Crippen LogP contribution is -2.16. The van der Waals surface area contributed by atoms with E-state index < -0.39 is 0 Å². The van der Waals surface area contributed by atoms with Crippen LogP contribution in [0, 0.1) is 6.92 Å². The van der Waals surface area contributed by atoms with Gasteiger partial charge < -0.3 is 9.73 Å². The summed E-state index contributed by atoms with van der Waals surface area (Å²) in [5.41, 5.74) is 1.27. The minimum Gasteiger partial charge on any atom is -0.469 e. The van der Waals surface area contributed by atoms with E-state index in [1.807, 2.05) is 31.4 Å². The average molecular weight is 264 g/mol. The number of furan rings is 1. The van der Waals surface area contributed by atoms with Crippen LogP contribution < -0.4 is 5.32 Å². The van der Waals surface area contributed by atoms with E-state index in [9.17, 15) is 0 Å². The lowest BCUT2D eigenvalue weighted by molar-refractivity contribution is 0.319. The van der Waals surface area contributed by atoms with Crippen molar-refractivity contribution in [2.75, 3.05) is 14.1 Å². The number of hydrogen-bond acceptors (Lipinski definition) is 4. The van der Waals surface area contributed by atoms with Crippen molar-refractivity contribution in [1.29, 1.82) is 0 Å². The van der Waals surface area contributed by atoms with Crippen LogP contribution in [-0.2, 0) is 19.6 Å². The Balaban J connectivity index is 1.90. The van der Waals surface area contributed by atoms with E-state index >= 15 is 0 Å². The molecule has 0 bridgehead atoms. The highest BCUT2D eigenvalue weighted by Gasteiger charge is 2.07. The number of thiophene rings is 1. The Labute approximate surface area is 112 Å². The average Bonchev–Trinajstić information content (AvgIpc) is 2.90. The molecular formula is C14H20N2OS. The van der Waals surface area contributed by atoms with Gasteiger partial charge in [0.15, 0.2) is 0 Å². The van der Waals surface area contributed by atoms with Gasteiger partial charge in [0, 0.05) is 35.0 Å². The van der Waals surface area contributed by atoms with Gasteiger partial charge in [-0.25, -0.2) is 0 Å². The van der Waals surface area contributed by atoms with Crippen LogP contribution in [0.1, 0.15) is 21.1 Å². The molecule has 0 saturated heterocycles. The highest BCUT2D eigenvalue weighted by Crippen LogP contribution is 2.19. The van der Waals surface area contributed by atoms with E-state index in [0.717, 1.165) is 25.4 Å². The molecule has 0 saturated carbocycles. The summed E-state index contributed by atoms with van der Waals surface area (Å²) in [5.74, 6) is 1.02. The molecule has 2 aromatic rings. The Bertz CT molecular complexity index is 489. The maximum Gasteiger partial charge on any atom is 0.105 e. The van der Waals surface area contributed by atoms with E-state index in [-0.39, 0.29) is 0 Å². The lowest BCUT2D eigenvalue weighted by Gasteiger charge is -2.14. The van der Waals surface area contributed by atoms with Crippen molar-refractivity contribution < 1.29 is 4.42 Å². The van der Waals surface area contributed by atoms with Crippen LogP contribution in [-0.4, -0.2) is 19.0 Å². The highest BCUT2D eigenvalue weighted by molar-refractivity contribution is 7.11. The molecule has 0 atom stereocenters. The second kappa shape index (κ2) is 6.18. The fraction of sp³-hybridized carbons (Fsp3) is 0.429. The van der Waals surface area contributed by atoms with Crippen LogP contribution >= 0.6 is 11.3 Å². The molecular weight excluding hydrogens is 244 g/mol. The van der Waals surface area contributed by atoms with Crippen LogP contribution in [0.3, 0.4) is 0 Å². The van der Waals surface area contributed by atoms with Crippen molar-refractivity contribution in [3.05, 3.63) is 45.5 Å². The molecule has 0 amide bonds. The van der Waals surface area contributed by atoms with Crippen molar-refractivity contribution in [2.45, 2.75) is 26.6 Å². The summed E-state index contributed by atoms with van der Waals surface area (Å²) in [4.78, 5) is 5.11. The van der Waals surface area contributed by atoms with Gasteiger partial charge in [-0.3, -0.25) is 4.90 Å². The number of nitrogens with zero attached hydrogens (tertiary/aromatic N) is 1. The Morgan fingerprint density at radius 3 is 2.67 bits per heavy atom. The predicted molar refractivity (Wildman–Crippen MR) is 75.7 cm³/mol. The Hall–Kier alpha value is -1.10. The van der Waals surface area contributed by atoms with Gasteiger partial charge in [0.2, 0.25) is 0 Å². The zero-order chi connectivity index (χ0) is 13.0. The lowest BCUT2D eigenvalue weighted by atomic mass is 10.2. The van der Waals surface area contributed by atoms with Gasteiger partial charge in [-0.05, 0) is 39.2 Å². The summed E-state index contributed by atoms with van der Waals surface area (Å²) >= 11 is 1.87. The fourth-order valence-corrected chi connectivity index (χ4v) is 3.07. The van der Waals surface area contributed by atoms with Crippen LogP contribution in [0.5, 0.6) is 0 Å². The molecule has 0 aromatic carbocycles. The second-order valence-corrected chi connectivity index (χ2v) is 5.83. The summed E-state index contributed by atoms with van der Waals surface area (Å²) in [6.07, 6.45) is 1.76. The summed E-state index contributed by atoms with van der Waals surface area (Å²) in [6.45, 7) is 4.88. The molecule has 3 nitrogen and oxygen atoms in total. The van der Waals surface area contributed by atoms with Gasteiger partial charge in [0.25, 0.3) is 0 Å². The van der Waals surface area contributed by atoms with Gasteiger partial charge in [0.05, 0.1) is 6.26 Å². The Morgan fingerprint density at radius 1 is 1.22 bits per heavy atom. The van der Waals surface area contributed by atoms with Crippen molar-refractivity contribution in [1.82, 2.24) is 10.2 Å². The Morgan fingerprint density at radius 2 is 2.00 bits per heavy atom. The van der Waals surface area contributed by atoms with Crippen LogP contribution in [0.4, 0.5) is 0 Å². The number of nitrogens with one attached hydrogen (secondary N) is 1. The summed E-state index contributed by atoms with van der Waals surface area (Å²) in [5, 5.41) is 3.18. The van der Waals surface area contributed by atoms with Gasteiger partial charge in [-0.2, -0.15) is 0 Å². The molecule has 2 rings (SSSR count). The van der Waals surface area contributed by atoms with E-state index in [0.29, 0.717) is 0 Å². The Kier molecular flexibility index (Phi) is 4.58. The molecule has 0 spiro atoms. The molecule has 0 aliphatic rings. The molecule has 2 aromatic heterocycles. The maximum absolute atomic E-state index is 5.32. The minimum atomic E-state index is 0.932. The van der Waals surface area contributed by atoms with Gasteiger partial charge in [0.1, 0.15) is 5.76 Å². The molecule has 1 N–H and O–H groups in total. The zero-order valence-corrected chi connectivity index (χ0v) is 12.0. The second-order valence-electron chi connectivity index (χ2n) is 4.57. The van der Waals surface area contributed by atoms with Crippen molar-refractivity contribution >= 4 is 11.3 Å². The van der Waals surface area contributed by atoms with Crippen molar-refractivity contribution in [3.8, 4) is 0 Å². The van der Waals surface area contributed by atoms with E-state index in [1.54, 1.807) is 6.26 Å². The largest absolute Gasteiger partial charge is 0.469 e. The van der Waals surface area contributed by atoms with Gasteiger partial charge in [-0.15, -0.1) is 11.3 Å². The van der Waals surface area contributed by atoms with E-state index in [1.165, 1.54) is 15.3 Å². The smallest absolute Gasteiger partial charge is 0.105 e. The quantitative estimate of drug-likeness (QED) is 0.869. The molecule has 18 heavy (non-hydrogen) atoms. The molecule has 0 aliphatic heterocycles. The molecule has 2 heterocycles. The third-order valence-electron chi connectivity index (χ3n) is 2.90. The van der Waals surface area contributed by atoms with Crippen molar-refractivity contribution in [2.24, 2.45) is 0 Å². The highest BCUT2D eigenvalue weighted by atomic mass is 32.1. The number of aryl methyl sites for hydroxylation is 1. The summed E-state index contributed by atoms with van der Waals surface area (Å²) in [7, 11) is 4.12. The molecule has 0 unspecified atom stereocenters. The first-order valence-electron chi connectivity index (χ1n) is 6.12. The summed E-state index contributed by atoms with van der Waals surface area (Å²) in [6, 6.07) is 6.47. The molecule has 98 valence electrons. The minimum absolute atomic E-state index is 0.932.